The summed E-state index contributed by atoms with van der Waals surface area (Å²) < 4.78 is 26.4. The van der Waals surface area contributed by atoms with Crippen LogP contribution < -0.4 is 9.62 Å². The van der Waals surface area contributed by atoms with E-state index in [1.807, 2.05) is 74.5 Å². The highest BCUT2D eigenvalue weighted by Gasteiger charge is 2.30. The topological polar surface area (TPSA) is 86.8 Å². The van der Waals surface area contributed by atoms with Crippen LogP contribution in [0.15, 0.2) is 78.9 Å². The first-order valence-electron chi connectivity index (χ1n) is 13.0. The van der Waals surface area contributed by atoms with Crippen molar-refractivity contribution in [3.05, 3.63) is 101 Å². The van der Waals surface area contributed by atoms with E-state index in [-0.39, 0.29) is 37.7 Å². The molecule has 0 aliphatic heterocycles. The van der Waals surface area contributed by atoms with Crippen LogP contribution >= 0.6 is 11.6 Å². The quantitative estimate of drug-likeness (QED) is 0.315. The highest BCUT2D eigenvalue weighted by Crippen LogP contribution is 2.23. The van der Waals surface area contributed by atoms with Crippen molar-refractivity contribution in [3.8, 4) is 0 Å². The van der Waals surface area contributed by atoms with Gasteiger partial charge < -0.3 is 10.2 Å². The molecular weight excluding hydrogens is 534 g/mol. The van der Waals surface area contributed by atoms with E-state index in [0.29, 0.717) is 23.7 Å². The number of hydrogen-bond acceptors (Lipinski definition) is 4. The van der Waals surface area contributed by atoms with Crippen molar-refractivity contribution in [2.24, 2.45) is 0 Å². The first kappa shape index (κ1) is 30.2. The van der Waals surface area contributed by atoms with Crippen molar-refractivity contribution in [2.45, 2.75) is 45.7 Å². The molecule has 208 valence electrons. The van der Waals surface area contributed by atoms with Gasteiger partial charge in [-0.2, -0.15) is 0 Å². The van der Waals surface area contributed by atoms with E-state index in [1.165, 1.54) is 4.31 Å². The fourth-order valence-electron chi connectivity index (χ4n) is 4.37. The Morgan fingerprint density at radius 1 is 0.949 bits per heavy atom. The number of sulfonamides is 1. The molecule has 0 aromatic heterocycles. The van der Waals surface area contributed by atoms with Gasteiger partial charge in [-0.1, -0.05) is 77.8 Å². The van der Waals surface area contributed by atoms with Gasteiger partial charge in [0.15, 0.2) is 0 Å². The molecule has 0 aliphatic carbocycles. The maximum Gasteiger partial charge on any atom is 0.243 e. The predicted molar refractivity (Wildman–Crippen MR) is 157 cm³/mol. The van der Waals surface area contributed by atoms with Crippen molar-refractivity contribution in [1.82, 2.24) is 10.2 Å². The Morgan fingerprint density at radius 2 is 1.59 bits per heavy atom. The molecule has 0 radical (unpaired) electrons. The van der Waals surface area contributed by atoms with Gasteiger partial charge in [0.25, 0.3) is 0 Å². The number of hydrogen-bond donors (Lipinski definition) is 1. The van der Waals surface area contributed by atoms with Crippen molar-refractivity contribution in [3.63, 3.8) is 0 Å². The van der Waals surface area contributed by atoms with Crippen molar-refractivity contribution in [2.75, 3.05) is 23.7 Å². The monoisotopic (exact) mass is 569 g/mol. The summed E-state index contributed by atoms with van der Waals surface area (Å²) in [5, 5.41) is 3.38. The lowest BCUT2D eigenvalue weighted by Crippen LogP contribution is -2.50. The van der Waals surface area contributed by atoms with E-state index < -0.39 is 16.1 Å². The summed E-state index contributed by atoms with van der Waals surface area (Å²) >= 11 is 6.44. The first-order chi connectivity index (χ1) is 18.6. The fraction of sp³-hybridized carbons (Fsp3) is 0.333. The van der Waals surface area contributed by atoms with Crippen molar-refractivity contribution >= 4 is 39.1 Å². The molecule has 7 nitrogen and oxygen atoms in total. The Bertz CT molecular complexity index is 1350. The molecule has 0 spiro atoms. The number of likely N-dealkylation sites (N-methyl/N-ethyl adjacent to an activating group) is 1. The molecule has 9 heteroatoms. The lowest BCUT2D eigenvalue weighted by atomic mass is 10.0. The number of rotatable bonds is 13. The van der Waals surface area contributed by atoms with E-state index in [2.05, 4.69) is 5.32 Å². The number of amides is 2. The van der Waals surface area contributed by atoms with Crippen molar-refractivity contribution < 1.29 is 18.0 Å². The average Bonchev–Trinajstić information content (AvgIpc) is 2.90. The Balaban J connectivity index is 1.86. The number of aryl methyl sites for hydroxylation is 1. The van der Waals surface area contributed by atoms with Gasteiger partial charge >= 0.3 is 0 Å². The Hall–Kier alpha value is -3.36. The molecule has 0 heterocycles. The smallest absolute Gasteiger partial charge is 0.243 e. The van der Waals surface area contributed by atoms with Gasteiger partial charge in [-0.3, -0.25) is 13.9 Å². The van der Waals surface area contributed by atoms with E-state index in [4.69, 9.17) is 11.6 Å². The second-order valence-electron chi connectivity index (χ2n) is 9.49. The first-order valence-corrected chi connectivity index (χ1v) is 15.2. The highest BCUT2D eigenvalue weighted by atomic mass is 35.5. The molecule has 3 aromatic rings. The molecule has 0 fully saturated rings. The minimum absolute atomic E-state index is 0.0625. The second-order valence-corrected chi connectivity index (χ2v) is 11.8. The van der Waals surface area contributed by atoms with Gasteiger partial charge in [0.05, 0.1) is 11.9 Å². The molecule has 0 bridgehead atoms. The zero-order chi connectivity index (χ0) is 28.4. The van der Waals surface area contributed by atoms with Gasteiger partial charge in [-0.15, -0.1) is 0 Å². The number of carbonyl (C=O) groups excluding carboxylic acids is 2. The summed E-state index contributed by atoms with van der Waals surface area (Å²) in [6, 6.07) is 23.2. The zero-order valence-corrected chi connectivity index (χ0v) is 24.2. The summed E-state index contributed by atoms with van der Waals surface area (Å²) in [5.74, 6) is -0.501. The molecule has 3 aromatic carbocycles. The fourth-order valence-corrected chi connectivity index (χ4v) is 5.53. The maximum absolute atomic E-state index is 13.7. The normalized spacial score (nSPS) is 12.0. The van der Waals surface area contributed by atoms with Gasteiger partial charge in [-0.05, 0) is 49.6 Å². The number of benzene rings is 3. The number of carbonyl (C=O) groups is 2. The van der Waals surface area contributed by atoms with Crippen LogP contribution in [0.1, 0.15) is 36.5 Å². The SMILES string of the molecule is CCNC(=O)C(Cc1ccccc1)N(Cc1ccccc1Cl)C(=O)CCCN(c1ccc(C)cc1)S(C)(=O)=O. The molecule has 0 saturated heterocycles. The lowest BCUT2D eigenvalue weighted by Gasteiger charge is -2.32. The number of halogens is 1. The minimum Gasteiger partial charge on any atom is -0.355 e. The third kappa shape index (κ3) is 8.83. The van der Waals surface area contributed by atoms with E-state index in [0.717, 1.165) is 22.9 Å². The van der Waals surface area contributed by atoms with E-state index >= 15 is 0 Å². The summed E-state index contributed by atoms with van der Waals surface area (Å²) in [5.41, 5.74) is 3.22. The molecule has 1 atom stereocenters. The van der Waals surface area contributed by atoms with Crippen LogP contribution in [-0.2, 0) is 32.6 Å². The summed E-state index contributed by atoms with van der Waals surface area (Å²) in [4.78, 5) is 28.6. The van der Waals surface area contributed by atoms with Gasteiger partial charge in [0.1, 0.15) is 6.04 Å². The van der Waals surface area contributed by atoms with Crippen LogP contribution in [0.25, 0.3) is 0 Å². The summed E-state index contributed by atoms with van der Waals surface area (Å²) in [6.45, 7) is 4.49. The molecule has 2 amide bonds. The van der Waals surface area contributed by atoms with Gasteiger partial charge in [-0.25, -0.2) is 8.42 Å². The lowest BCUT2D eigenvalue weighted by molar-refractivity contribution is -0.141. The van der Waals surface area contributed by atoms with Crippen LogP contribution in [0.5, 0.6) is 0 Å². The van der Waals surface area contributed by atoms with Gasteiger partial charge in [0.2, 0.25) is 21.8 Å². The number of nitrogens with one attached hydrogen (secondary N) is 1. The van der Waals surface area contributed by atoms with Crippen LogP contribution in [0.4, 0.5) is 5.69 Å². The second kappa shape index (κ2) is 14.1. The number of anilines is 1. The Kier molecular flexibility index (Phi) is 10.9. The third-order valence-corrected chi connectivity index (χ3v) is 7.96. The van der Waals surface area contributed by atoms with Gasteiger partial charge in [0, 0.05) is 37.5 Å². The summed E-state index contributed by atoms with van der Waals surface area (Å²) in [6.07, 6.45) is 1.84. The largest absolute Gasteiger partial charge is 0.355 e. The standard InChI is InChI=1S/C30H36ClN3O4S/c1-4-32-30(36)28(21-24-11-6-5-7-12-24)33(22-25-13-8-9-14-27(25)31)29(35)15-10-20-34(39(3,37)38)26-18-16-23(2)17-19-26/h5-9,11-14,16-19,28H,4,10,15,20-22H2,1-3H3,(H,32,36). The molecule has 0 aliphatic rings. The highest BCUT2D eigenvalue weighted by molar-refractivity contribution is 7.92. The molecular formula is C30H36ClN3O4S. The molecule has 3 rings (SSSR count). The molecule has 0 saturated carbocycles. The van der Waals surface area contributed by atoms with Crippen LogP contribution in [-0.4, -0.2) is 50.5 Å². The Labute approximate surface area is 236 Å². The summed E-state index contributed by atoms with van der Waals surface area (Å²) in [7, 11) is -3.55. The maximum atomic E-state index is 13.7. The minimum atomic E-state index is -3.55. The van der Waals surface area contributed by atoms with E-state index in [1.54, 1.807) is 23.1 Å². The molecule has 39 heavy (non-hydrogen) atoms. The van der Waals surface area contributed by atoms with Crippen LogP contribution in [0, 0.1) is 6.92 Å². The average molecular weight is 570 g/mol. The van der Waals surface area contributed by atoms with Crippen molar-refractivity contribution in [1.29, 1.82) is 0 Å². The van der Waals surface area contributed by atoms with E-state index in [9.17, 15) is 18.0 Å². The third-order valence-electron chi connectivity index (χ3n) is 6.39. The molecule has 1 N–H and O–H groups in total. The van der Waals surface area contributed by atoms with Crippen LogP contribution in [0.3, 0.4) is 0 Å². The molecule has 1 unspecified atom stereocenters. The zero-order valence-electron chi connectivity index (χ0n) is 22.6. The Morgan fingerprint density at radius 3 is 2.21 bits per heavy atom. The predicted octanol–water partition coefficient (Wildman–Crippen LogP) is 4.97. The van der Waals surface area contributed by atoms with Crippen LogP contribution in [0.2, 0.25) is 5.02 Å². The number of nitrogens with zero attached hydrogens (tertiary/aromatic N) is 2.